The van der Waals surface area contributed by atoms with Crippen molar-refractivity contribution in [3.8, 4) is 0 Å². The van der Waals surface area contributed by atoms with Gasteiger partial charge in [-0.2, -0.15) is 0 Å². The van der Waals surface area contributed by atoms with Crippen LogP contribution in [0.1, 0.15) is 54.8 Å². The second-order valence-electron chi connectivity index (χ2n) is 6.80. The first-order valence-electron chi connectivity index (χ1n) is 7.99. The van der Waals surface area contributed by atoms with Crippen molar-refractivity contribution in [3.63, 3.8) is 0 Å². The van der Waals surface area contributed by atoms with Crippen LogP contribution in [0.3, 0.4) is 0 Å². The Morgan fingerprint density at radius 2 is 1.65 bits per heavy atom. The third kappa shape index (κ3) is 4.93. The van der Waals surface area contributed by atoms with Crippen molar-refractivity contribution < 1.29 is 9.90 Å². The molecule has 1 atom stereocenters. The van der Waals surface area contributed by atoms with Gasteiger partial charge in [0.25, 0.3) is 5.91 Å². The molecular weight excluding hydrogens is 286 g/mol. The molecule has 0 aliphatic heterocycles. The minimum atomic E-state index is -0.556. The molecule has 122 valence electrons. The summed E-state index contributed by atoms with van der Waals surface area (Å²) in [6.45, 7) is 6.88. The summed E-state index contributed by atoms with van der Waals surface area (Å²) < 4.78 is 0. The Morgan fingerprint density at radius 1 is 1.04 bits per heavy atom. The summed E-state index contributed by atoms with van der Waals surface area (Å²) in [5, 5.41) is 12.9. The number of carbonyl (C=O) groups is 1. The van der Waals surface area contributed by atoms with Crippen molar-refractivity contribution in [2.45, 2.75) is 38.7 Å². The van der Waals surface area contributed by atoms with E-state index in [9.17, 15) is 9.90 Å². The first-order valence-corrected chi connectivity index (χ1v) is 7.99. The lowest BCUT2D eigenvalue weighted by Crippen LogP contribution is -2.25. The number of amides is 1. The summed E-state index contributed by atoms with van der Waals surface area (Å²) >= 11 is 0. The van der Waals surface area contributed by atoms with Crippen LogP contribution in [0, 0.1) is 0 Å². The number of hydrogen-bond acceptors (Lipinski definition) is 2. The predicted molar refractivity (Wildman–Crippen MR) is 93.5 cm³/mol. The fraction of sp³-hybridized carbons (Fsp3) is 0.350. The van der Waals surface area contributed by atoms with Gasteiger partial charge in [0.1, 0.15) is 0 Å². The third-order valence-electron chi connectivity index (χ3n) is 3.90. The van der Waals surface area contributed by atoms with Gasteiger partial charge in [0.05, 0.1) is 6.10 Å². The van der Waals surface area contributed by atoms with Crippen LogP contribution in [-0.2, 0) is 5.41 Å². The fourth-order valence-electron chi connectivity index (χ4n) is 2.39. The highest BCUT2D eigenvalue weighted by molar-refractivity contribution is 5.94. The molecule has 0 bridgehead atoms. The lowest BCUT2D eigenvalue weighted by atomic mass is 9.87. The SMILES string of the molecule is CC(C)(C)c1ccc(C(=O)NCCC(O)c2ccccc2)cc1. The van der Waals surface area contributed by atoms with Crippen LogP contribution in [0.15, 0.2) is 54.6 Å². The maximum absolute atomic E-state index is 12.1. The minimum absolute atomic E-state index is 0.0782. The van der Waals surface area contributed by atoms with Crippen LogP contribution < -0.4 is 5.32 Å². The zero-order chi connectivity index (χ0) is 16.9. The van der Waals surface area contributed by atoms with Crippen LogP contribution in [0.2, 0.25) is 0 Å². The Balaban J connectivity index is 1.85. The Kier molecular flexibility index (Phi) is 5.56. The van der Waals surface area contributed by atoms with Gasteiger partial charge in [0, 0.05) is 12.1 Å². The van der Waals surface area contributed by atoms with Crippen LogP contribution >= 0.6 is 0 Å². The molecule has 0 aliphatic carbocycles. The lowest BCUT2D eigenvalue weighted by Gasteiger charge is -2.19. The molecule has 2 aromatic carbocycles. The van der Waals surface area contributed by atoms with Gasteiger partial charge >= 0.3 is 0 Å². The van der Waals surface area contributed by atoms with Gasteiger partial charge in [0.2, 0.25) is 0 Å². The van der Waals surface area contributed by atoms with Gasteiger partial charge in [-0.1, -0.05) is 63.2 Å². The Morgan fingerprint density at radius 3 is 2.22 bits per heavy atom. The third-order valence-corrected chi connectivity index (χ3v) is 3.90. The van der Waals surface area contributed by atoms with Gasteiger partial charge in [0.15, 0.2) is 0 Å². The van der Waals surface area contributed by atoms with Crippen LogP contribution in [0.5, 0.6) is 0 Å². The Bertz CT molecular complexity index is 627. The normalized spacial score (nSPS) is 12.7. The topological polar surface area (TPSA) is 49.3 Å². The summed E-state index contributed by atoms with van der Waals surface area (Å²) in [4.78, 5) is 12.1. The van der Waals surface area contributed by atoms with E-state index in [2.05, 4.69) is 26.1 Å². The predicted octanol–water partition coefficient (Wildman–Crippen LogP) is 3.84. The van der Waals surface area contributed by atoms with Crippen molar-refractivity contribution in [1.29, 1.82) is 0 Å². The summed E-state index contributed by atoms with van der Waals surface area (Å²) in [6, 6.07) is 17.2. The Hall–Kier alpha value is -2.13. The van der Waals surface area contributed by atoms with E-state index in [1.165, 1.54) is 5.56 Å². The van der Waals surface area contributed by atoms with E-state index in [4.69, 9.17) is 0 Å². The highest BCUT2D eigenvalue weighted by Gasteiger charge is 2.14. The smallest absolute Gasteiger partial charge is 0.251 e. The minimum Gasteiger partial charge on any atom is -0.388 e. The van der Waals surface area contributed by atoms with E-state index in [0.717, 1.165) is 5.56 Å². The Labute approximate surface area is 138 Å². The molecule has 1 unspecified atom stereocenters. The highest BCUT2D eigenvalue weighted by atomic mass is 16.3. The van der Waals surface area contributed by atoms with Gasteiger partial charge in [-0.05, 0) is 35.1 Å². The number of hydrogen-bond donors (Lipinski definition) is 2. The largest absolute Gasteiger partial charge is 0.388 e. The van der Waals surface area contributed by atoms with E-state index >= 15 is 0 Å². The molecule has 3 heteroatoms. The number of aliphatic hydroxyl groups is 1. The van der Waals surface area contributed by atoms with Crippen LogP contribution in [0.25, 0.3) is 0 Å². The first kappa shape index (κ1) is 17.2. The second kappa shape index (κ2) is 7.42. The average molecular weight is 311 g/mol. The second-order valence-corrected chi connectivity index (χ2v) is 6.80. The maximum Gasteiger partial charge on any atom is 0.251 e. The molecule has 2 aromatic rings. The van der Waals surface area contributed by atoms with E-state index < -0.39 is 6.10 Å². The summed E-state index contributed by atoms with van der Waals surface area (Å²) in [7, 11) is 0. The molecule has 2 rings (SSSR count). The van der Waals surface area contributed by atoms with E-state index in [0.29, 0.717) is 18.5 Å². The van der Waals surface area contributed by atoms with Crippen LogP contribution in [-0.4, -0.2) is 17.6 Å². The fourth-order valence-corrected chi connectivity index (χ4v) is 2.39. The summed E-state index contributed by atoms with van der Waals surface area (Å²) in [5.74, 6) is -0.106. The lowest BCUT2D eigenvalue weighted by molar-refractivity contribution is 0.0942. The molecule has 0 aliphatic rings. The molecule has 0 saturated carbocycles. The van der Waals surface area contributed by atoms with Gasteiger partial charge in [-0.25, -0.2) is 0 Å². The molecule has 0 fully saturated rings. The number of benzene rings is 2. The van der Waals surface area contributed by atoms with Crippen molar-refractivity contribution in [3.05, 3.63) is 71.3 Å². The average Bonchev–Trinajstić information content (AvgIpc) is 2.54. The van der Waals surface area contributed by atoms with Crippen molar-refractivity contribution in [2.75, 3.05) is 6.54 Å². The van der Waals surface area contributed by atoms with Gasteiger partial charge in [-0.3, -0.25) is 4.79 Å². The molecule has 23 heavy (non-hydrogen) atoms. The number of aliphatic hydroxyl groups excluding tert-OH is 1. The summed E-state index contributed by atoms with van der Waals surface area (Å²) in [6.07, 6.45) is -0.0599. The molecule has 2 N–H and O–H groups in total. The highest BCUT2D eigenvalue weighted by Crippen LogP contribution is 2.22. The maximum atomic E-state index is 12.1. The first-order chi connectivity index (χ1) is 10.9. The van der Waals surface area contributed by atoms with Crippen molar-refractivity contribution in [1.82, 2.24) is 5.32 Å². The van der Waals surface area contributed by atoms with Crippen molar-refractivity contribution >= 4 is 5.91 Å². The van der Waals surface area contributed by atoms with Crippen LogP contribution in [0.4, 0.5) is 0 Å². The van der Waals surface area contributed by atoms with Crippen molar-refractivity contribution in [2.24, 2.45) is 0 Å². The number of rotatable bonds is 5. The van der Waals surface area contributed by atoms with E-state index in [1.54, 1.807) is 0 Å². The molecule has 0 heterocycles. The zero-order valence-corrected chi connectivity index (χ0v) is 14.0. The molecule has 0 spiro atoms. The zero-order valence-electron chi connectivity index (χ0n) is 14.0. The van der Waals surface area contributed by atoms with Gasteiger partial charge < -0.3 is 10.4 Å². The van der Waals surface area contributed by atoms with Gasteiger partial charge in [-0.15, -0.1) is 0 Å². The summed E-state index contributed by atoms with van der Waals surface area (Å²) in [5.41, 5.74) is 2.80. The molecular formula is C20H25NO2. The monoisotopic (exact) mass is 311 g/mol. The number of nitrogens with one attached hydrogen (secondary N) is 1. The molecule has 1 amide bonds. The molecule has 0 saturated heterocycles. The molecule has 0 aromatic heterocycles. The standard InChI is InChI=1S/C20H25NO2/c1-20(2,3)17-11-9-16(10-12-17)19(23)21-14-13-18(22)15-7-5-4-6-8-15/h4-12,18,22H,13-14H2,1-3H3,(H,21,23). The number of carbonyl (C=O) groups excluding carboxylic acids is 1. The molecule has 3 nitrogen and oxygen atoms in total. The quantitative estimate of drug-likeness (QED) is 0.881. The molecule has 0 radical (unpaired) electrons. The van der Waals surface area contributed by atoms with E-state index in [1.807, 2.05) is 54.6 Å². The van der Waals surface area contributed by atoms with E-state index in [-0.39, 0.29) is 11.3 Å².